The average Bonchev–Trinajstić information content (AvgIpc) is 2.31. The SMILES string of the molecule is CC(C)S(=O)(=O)Nc1cc(Cl)ccc1C#CCCO. The minimum Gasteiger partial charge on any atom is -0.395 e. The zero-order chi connectivity index (χ0) is 14.5. The number of anilines is 1. The standard InChI is InChI=1S/C13H16ClNO3S/c1-10(2)19(17,18)15-13-9-12(14)7-6-11(13)5-3-4-8-16/h6-7,9-10,15-16H,4,8H2,1-2H3. The van der Waals surface area contributed by atoms with Gasteiger partial charge < -0.3 is 5.11 Å². The first kappa shape index (κ1) is 15.8. The number of nitrogens with one attached hydrogen (secondary N) is 1. The lowest BCUT2D eigenvalue weighted by atomic mass is 10.2. The van der Waals surface area contributed by atoms with Crippen molar-refractivity contribution in [2.24, 2.45) is 0 Å². The van der Waals surface area contributed by atoms with Gasteiger partial charge in [0.15, 0.2) is 0 Å². The Morgan fingerprint density at radius 3 is 2.68 bits per heavy atom. The monoisotopic (exact) mass is 301 g/mol. The smallest absolute Gasteiger partial charge is 0.235 e. The van der Waals surface area contributed by atoms with Gasteiger partial charge in [-0.15, -0.1) is 0 Å². The highest BCUT2D eigenvalue weighted by Crippen LogP contribution is 2.22. The number of rotatable bonds is 4. The number of halogens is 1. The lowest BCUT2D eigenvalue weighted by molar-refractivity contribution is 0.305. The molecule has 6 heteroatoms. The summed E-state index contributed by atoms with van der Waals surface area (Å²) in [6, 6.07) is 4.80. The number of hydrogen-bond donors (Lipinski definition) is 2. The van der Waals surface area contributed by atoms with Gasteiger partial charge in [0.1, 0.15) is 0 Å². The van der Waals surface area contributed by atoms with Crippen LogP contribution in [0.3, 0.4) is 0 Å². The topological polar surface area (TPSA) is 66.4 Å². The molecule has 1 aromatic carbocycles. The second-order valence-electron chi connectivity index (χ2n) is 4.16. The quantitative estimate of drug-likeness (QED) is 0.838. The van der Waals surface area contributed by atoms with Gasteiger partial charge >= 0.3 is 0 Å². The van der Waals surface area contributed by atoms with Gasteiger partial charge in [0, 0.05) is 17.0 Å². The first-order valence-electron chi connectivity index (χ1n) is 5.77. The molecule has 0 fully saturated rings. The van der Waals surface area contributed by atoms with E-state index in [1.54, 1.807) is 26.0 Å². The molecule has 0 aliphatic carbocycles. The Bertz CT molecular complexity index is 600. The predicted molar refractivity (Wildman–Crippen MR) is 77.7 cm³/mol. The van der Waals surface area contributed by atoms with Gasteiger partial charge in [-0.1, -0.05) is 23.4 Å². The third kappa shape index (κ3) is 4.75. The molecule has 0 unspecified atom stereocenters. The molecule has 0 atom stereocenters. The van der Waals surface area contributed by atoms with Crippen molar-refractivity contribution in [1.82, 2.24) is 0 Å². The highest BCUT2D eigenvalue weighted by atomic mass is 35.5. The van der Waals surface area contributed by atoms with Gasteiger partial charge in [0.2, 0.25) is 10.0 Å². The maximum absolute atomic E-state index is 11.9. The Labute approximate surface area is 118 Å². The van der Waals surface area contributed by atoms with Crippen LogP contribution < -0.4 is 4.72 Å². The Hall–Kier alpha value is -1.22. The average molecular weight is 302 g/mol. The molecule has 0 bridgehead atoms. The summed E-state index contributed by atoms with van der Waals surface area (Å²) in [4.78, 5) is 0. The molecule has 0 heterocycles. The fourth-order valence-corrected chi connectivity index (χ4v) is 2.08. The number of hydrogen-bond acceptors (Lipinski definition) is 3. The molecule has 1 aromatic rings. The van der Waals surface area contributed by atoms with Gasteiger partial charge in [-0.3, -0.25) is 4.72 Å². The number of aliphatic hydroxyl groups is 1. The molecule has 104 valence electrons. The largest absolute Gasteiger partial charge is 0.395 e. The highest BCUT2D eigenvalue weighted by Gasteiger charge is 2.17. The van der Waals surface area contributed by atoms with E-state index in [1.807, 2.05) is 0 Å². The van der Waals surface area contributed by atoms with E-state index in [-0.39, 0.29) is 6.61 Å². The highest BCUT2D eigenvalue weighted by molar-refractivity contribution is 7.93. The first-order valence-corrected chi connectivity index (χ1v) is 7.70. The van der Waals surface area contributed by atoms with Crippen LogP contribution in [0.1, 0.15) is 25.8 Å². The Balaban J connectivity index is 3.12. The van der Waals surface area contributed by atoms with Crippen molar-refractivity contribution in [3.05, 3.63) is 28.8 Å². The van der Waals surface area contributed by atoms with Crippen molar-refractivity contribution < 1.29 is 13.5 Å². The molecular formula is C13H16ClNO3S. The summed E-state index contributed by atoms with van der Waals surface area (Å²) in [5, 5.41) is 8.56. The minimum absolute atomic E-state index is 0.0341. The molecule has 2 N–H and O–H groups in total. The number of aliphatic hydroxyl groups excluding tert-OH is 1. The van der Waals surface area contributed by atoms with E-state index in [1.165, 1.54) is 6.07 Å². The summed E-state index contributed by atoms with van der Waals surface area (Å²) in [5.41, 5.74) is 0.883. The van der Waals surface area contributed by atoms with Crippen LogP contribution in [0.15, 0.2) is 18.2 Å². The molecule has 0 spiro atoms. The first-order chi connectivity index (χ1) is 8.86. The molecule has 0 saturated carbocycles. The molecule has 1 rings (SSSR count). The molecular weight excluding hydrogens is 286 g/mol. The van der Waals surface area contributed by atoms with Crippen molar-refractivity contribution in [1.29, 1.82) is 0 Å². The maximum atomic E-state index is 11.9. The van der Waals surface area contributed by atoms with Crippen LogP contribution in [0.2, 0.25) is 5.02 Å². The van der Waals surface area contributed by atoms with Gasteiger partial charge in [0.25, 0.3) is 0 Å². The normalized spacial score (nSPS) is 11.0. The van der Waals surface area contributed by atoms with Crippen molar-refractivity contribution in [2.45, 2.75) is 25.5 Å². The van der Waals surface area contributed by atoms with Crippen LogP contribution in [0.5, 0.6) is 0 Å². The lowest BCUT2D eigenvalue weighted by Gasteiger charge is -2.12. The molecule has 0 aromatic heterocycles. The Kier molecular flexibility index (Phi) is 5.67. The van der Waals surface area contributed by atoms with E-state index in [2.05, 4.69) is 16.6 Å². The van der Waals surface area contributed by atoms with E-state index in [0.717, 1.165) is 0 Å². The zero-order valence-corrected chi connectivity index (χ0v) is 12.3. The molecule has 0 aliphatic heterocycles. The molecule has 0 saturated heterocycles. The van der Waals surface area contributed by atoms with Gasteiger partial charge in [-0.05, 0) is 32.0 Å². The fourth-order valence-electron chi connectivity index (χ4n) is 1.19. The van der Waals surface area contributed by atoms with Crippen LogP contribution in [-0.4, -0.2) is 25.4 Å². The second kappa shape index (κ2) is 6.80. The number of benzene rings is 1. The van der Waals surface area contributed by atoms with Crippen LogP contribution >= 0.6 is 11.6 Å². The van der Waals surface area contributed by atoms with Crippen LogP contribution in [0.25, 0.3) is 0 Å². The maximum Gasteiger partial charge on any atom is 0.235 e. The molecule has 0 aliphatic rings. The second-order valence-corrected chi connectivity index (χ2v) is 6.83. The van der Waals surface area contributed by atoms with Crippen LogP contribution in [0, 0.1) is 11.8 Å². The minimum atomic E-state index is -3.45. The van der Waals surface area contributed by atoms with Gasteiger partial charge in [-0.2, -0.15) is 0 Å². The fraction of sp³-hybridized carbons (Fsp3) is 0.385. The third-order valence-electron chi connectivity index (χ3n) is 2.31. The summed E-state index contributed by atoms with van der Waals surface area (Å²) in [6.45, 7) is 3.14. The zero-order valence-electron chi connectivity index (χ0n) is 10.8. The predicted octanol–water partition coefficient (Wildman–Crippen LogP) is 2.22. The Morgan fingerprint density at radius 2 is 2.11 bits per heavy atom. The van der Waals surface area contributed by atoms with Crippen molar-refractivity contribution in [2.75, 3.05) is 11.3 Å². The van der Waals surface area contributed by atoms with Crippen molar-refractivity contribution in [3.8, 4) is 11.8 Å². The lowest BCUT2D eigenvalue weighted by Crippen LogP contribution is -2.22. The third-order valence-corrected chi connectivity index (χ3v) is 4.30. The van der Waals surface area contributed by atoms with Crippen LogP contribution in [-0.2, 0) is 10.0 Å². The Morgan fingerprint density at radius 1 is 1.42 bits per heavy atom. The van der Waals surface area contributed by atoms with Crippen molar-refractivity contribution in [3.63, 3.8) is 0 Å². The summed E-state index contributed by atoms with van der Waals surface area (Å²) in [7, 11) is -3.45. The van der Waals surface area contributed by atoms with Gasteiger partial charge in [-0.25, -0.2) is 8.42 Å². The molecule has 19 heavy (non-hydrogen) atoms. The molecule has 0 radical (unpaired) electrons. The number of sulfonamides is 1. The van der Waals surface area contributed by atoms with E-state index in [4.69, 9.17) is 16.7 Å². The van der Waals surface area contributed by atoms with E-state index in [0.29, 0.717) is 22.7 Å². The summed E-state index contributed by atoms with van der Waals surface area (Å²) < 4.78 is 26.2. The van der Waals surface area contributed by atoms with E-state index < -0.39 is 15.3 Å². The van der Waals surface area contributed by atoms with E-state index >= 15 is 0 Å². The van der Waals surface area contributed by atoms with Crippen molar-refractivity contribution >= 4 is 27.3 Å². The summed E-state index contributed by atoms with van der Waals surface area (Å²) in [5.74, 6) is 5.56. The summed E-state index contributed by atoms with van der Waals surface area (Å²) >= 11 is 5.86. The molecule has 0 amide bonds. The van der Waals surface area contributed by atoms with E-state index in [9.17, 15) is 8.42 Å². The van der Waals surface area contributed by atoms with Gasteiger partial charge in [0.05, 0.1) is 17.5 Å². The summed E-state index contributed by atoms with van der Waals surface area (Å²) in [6.07, 6.45) is 0.332. The molecule has 4 nitrogen and oxygen atoms in total. The van der Waals surface area contributed by atoms with Crippen LogP contribution in [0.4, 0.5) is 5.69 Å².